The van der Waals surface area contributed by atoms with Crippen LogP contribution >= 0.6 is 11.3 Å². The number of thiophene rings is 1. The molecular weight excluding hydrogens is 392 g/mol. The van der Waals surface area contributed by atoms with E-state index in [1.165, 1.54) is 11.1 Å². The number of carbonyl (C=O) groups excluding carboxylic acids is 1. The fourth-order valence-electron chi connectivity index (χ4n) is 4.19. The largest absolute Gasteiger partial charge is 0.324 e. The predicted molar refractivity (Wildman–Crippen MR) is 123 cm³/mol. The zero-order valence-electron chi connectivity index (χ0n) is 16.7. The number of aromatic amines is 1. The highest BCUT2D eigenvalue weighted by molar-refractivity contribution is 7.08. The van der Waals surface area contributed by atoms with Crippen LogP contribution in [0.15, 0.2) is 65.4 Å². The number of fused-ring (bicyclic) bond motifs is 1. The van der Waals surface area contributed by atoms with Crippen molar-refractivity contribution in [3.63, 3.8) is 0 Å². The van der Waals surface area contributed by atoms with Crippen molar-refractivity contribution in [1.29, 1.82) is 0 Å². The third-order valence-corrected chi connectivity index (χ3v) is 6.59. The van der Waals surface area contributed by atoms with Gasteiger partial charge in [0.15, 0.2) is 5.82 Å². The molecule has 1 aliphatic rings. The molecule has 2 amide bonds. The van der Waals surface area contributed by atoms with Gasteiger partial charge in [-0.15, -0.1) is 0 Å². The van der Waals surface area contributed by atoms with E-state index in [9.17, 15) is 4.79 Å². The molecule has 30 heavy (non-hydrogen) atoms. The summed E-state index contributed by atoms with van der Waals surface area (Å²) >= 11 is 1.68. The highest BCUT2D eigenvalue weighted by Gasteiger charge is 2.24. The number of hydrogen-bond acceptors (Lipinski definition) is 3. The highest BCUT2D eigenvalue weighted by Crippen LogP contribution is 2.29. The molecule has 0 spiro atoms. The van der Waals surface area contributed by atoms with Crippen LogP contribution in [0.2, 0.25) is 0 Å². The lowest BCUT2D eigenvalue weighted by atomic mass is 9.90. The number of nitrogens with zero attached hydrogens (tertiary/aromatic N) is 2. The maximum Gasteiger partial charge on any atom is 0.323 e. The van der Waals surface area contributed by atoms with Gasteiger partial charge in [-0.05, 0) is 70.8 Å². The minimum absolute atomic E-state index is 0.0662. The lowest BCUT2D eigenvalue weighted by Gasteiger charge is -2.31. The van der Waals surface area contributed by atoms with E-state index in [0.717, 1.165) is 48.8 Å². The van der Waals surface area contributed by atoms with Gasteiger partial charge in [-0.3, -0.25) is 10.4 Å². The summed E-state index contributed by atoms with van der Waals surface area (Å²) in [6, 6.07) is 18.8. The van der Waals surface area contributed by atoms with E-state index in [1.54, 1.807) is 11.3 Å². The number of urea groups is 1. The lowest BCUT2D eigenvalue weighted by molar-refractivity contribution is 0.182. The third kappa shape index (κ3) is 3.96. The van der Waals surface area contributed by atoms with Gasteiger partial charge in [-0.2, -0.15) is 16.4 Å². The van der Waals surface area contributed by atoms with Crippen molar-refractivity contribution in [1.82, 2.24) is 15.1 Å². The normalized spacial score (nSPS) is 14.9. The molecule has 152 valence electrons. The molecule has 0 aliphatic carbocycles. The quantitative estimate of drug-likeness (QED) is 0.443. The van der Waals surface area contributed by atoms with Crippen molar-refractivity contribution < 1.29 is 4.79 Å². The number of piperidine rings is 1. The molecule has 4 aromatic rings. The smallest absolute Gasteiger partial charge is 0.323 e. The molecule has 0 radical (unpaired) electrons. The number of hydrogen-bond donors (Lipinski definition) is 2. The molecule has 1 saturated heterocycles. The Kier molecular flexibility index (Phi) is 5.24. The summed E-state index contributed by atoms with van der Waals surface area (Å²) in [5, 5.41) is 15.5. The second-order valence-corrected chi connectivity index (χ2v) is 8.67. The molecule has 2 N–H and O–H groups in total. The number of likely N-dealkylation sites (tertiary alicyclic amines) is 1. The summed E-state index contributed by atoms with van der Waals surface area (Å²) in [4.78, 5) is 14.7. The highest BCUT2D eigenvalue weighted by atomic mass is 32.1. The van der Waals surface area contributed by atoms with Gasteiger partial charge in [0.05, 0.1) is 5.52 Å². The Hall–Kier alpha value is -3.12. The average molecular weight is 417 g/mol. The van der Waals surface area contributed by atoms with Gasteiger partial charge in [-0.1, -0.05) is 36.4 Å². The summed E-state index contributed by atoms with van der Waals surface area (Å²) in [6.07, 6.45) is 3.16. The van der Waals surface area contributed by atoms with Crippen LogP contribution in [-0.2, 0) is 6.42 Å². The van der Waals surface area contributed by atoms with Crippen LogP contribution in [0, 0.1) is 5.92 Å². The molecule has 2 aromatic carbocycles. The maximum atomic E-state index is 12.8. The zero-order valence-corrected chi connectivity index (χ0v) is 17.5. The third-order valence-electron chi connectivity index (χ3n) is 5.91. The zero-order chi connectivity index (χ0) is 20.3. The standard InChI is InChI=1S/C24H24N4OS/c29-24(28-11-8-18(9-12-28)14-17-4-2-1-3-5-17)25-23-21-7-6-19(15-22(21)26-27-23)20-10-13-30-16-20/h1-7,10,13,15-16,18H,8-9,11-12,14H2,(H2,25,26,27,29). The summed E-state index contributed by atoms with van der Waals surface area (Å²) in [7, 11) is 0. The summed E-state index contributed by atoms with van der Waals surface area (Å²) in [5.74, 6) is 1.23. The SMILES string of the molecule is O=C(Nc1n[nH]c2cc(-c3ccsc3)ccc12)N1CCC(Cc2ccccc2)CC1. The summed E-state index contributed by atoms with van der Waals surface area (Å²) < 4.78 is 0. The Morgan fingerprint density at radius 2 is 1.93 bits per heavy atom. The second-order valence-electron chi connectivity index (χ2n) is 7.89. The Morgan fingerprint density at radius 3 is 2.70 bits per heavy atom. The summed E-state index contributed by atoms with van der Waals surface area (Å²) in [6.45, 7) is 1.57. The van der Waals surface area contributed by atoms with Crippen molar-refractivity contribution >= 4 is 34.1 Å². The van der Waals surface area contributed by atoms with Gasteiger partial charge >= 0.3 is 6.03 Å². The van der Waals surface area contributed by atoms with E-state index in [1.807, 2.05) is 11.0 Å². The van der Waals surface area contributed by atoms with E-state index in [2.05, 4.69) is 74.8 Å². The van der Waals surface area contributed by atoms with Gasteiger partial charge in [0.25, 0.3) is 0 Å². The predicted octanol–water partition coefficient (Wildman–Crippen LogP) is 5.78. The molecule has 0 saturated carbocycles. The fraction of sp³-hybridized carbons (Fsp3) is 0.250. The van der Waals surface area contributed by atoms with Crippen molar-refractivity contribution in [2.24, 2.45) is 5.92 Å². The summed E-state index contributed by atoms with van der Waals surface area (Å²) in [5.41, 5.74) is 4.65. The molecular formula is C24H24N4OS. The number of amides is 2. The molecule has 0 atom stereocenters. The van der Waals surface area contributed by atoms with Crippen LogP contribution < -0.4 is 5.32 Å². The van der Waals surface area contributed by atoms with Crippen LogP contribution in [0.25, 0.3) is 22.0 Å². The molecule has 1 fully saturated rings. The lowest BCUT2D eigenvalue weighted by Crippen LogP contribution is -2.41. The van der Waals surface area contributed by atoms with Crippen molar-refractivity contribution in [2.45, 2.75) is 19.3 Å². The van der Waals surface area contributed by atoms with Gasteiger partial charge in [-0.25, -0.2) is 4.79 Å². The van der Waals surface area contributed by atoms with Crippen LogP contribution in [0.3, 0.4) is 0 Å². The minimum Gasteiger partial charge on any atom is -0.324 e. The van der Waals surface area contributed by atoms with E-state index in [-0.39, 0.29) is 6.03 Å². The Bertz CT molecular complexity index is 1130. The maximum absolute atomic E-state index is 12.8. The first-order chi connectivity index (χ1) is 14.8. The second kappa shape index (κ2) is 8.32. The average Bonchev–Trinajstić information content (AvgIpc) is 3.45. The number of H-pyrrole nitrogens is 1. The van der Waals surface area contributed by atoms with Crippen molar-refractivity contribution in [2.75, 3.05) is 18.4 Å². The van der Waals surface area contributed by atoms with Crippen molar-refractivity contribution in [3.8, 4) is 11.1 Å². The number of carbonyl (C=O) groups is 1. The Morgan fingerprint density at radius 1 is 1.10 bits per heavy atom. The molecule has 0 bridgehead atoms. The molecule has 1 aliphatic heterocycles. The number of nitrogens with one attached hydrogen (secondary N) is 2. The number of aromatic nitrogens is 2. The van der Waals surface area contributed by atoms with Gasteiger partial charge in [0.2, 0.25) is 0 Å². The molecule has 5 nitrogen and oxygen atoms in total. The van der Waals surface area contributed by atoms with Crippen LogP contribution in [0.4, 0.5) is 10.6 Å². The van der Waals surface area contributed by atoms with Crippen LogP contribution in [-0.4, -0.2) is 34.2 Å². The first-order valence-electron chi connectivity index (χ1n) is 10.4. The number of benzene rings is 2. The van der Waals surface area contributed by atoms with E-state index < -0.39 is 0 Å². The van der Waals surface area contributed by atoms with Crippen LogP contribution in [0.1, 0.15) is 18.4 Å². The molecule has 5 rings (SSSR count). The minimum atomic E-state index is -0.0662. The molecule has 0 unspecified atom stereocenters. The van der Waals surface area contributed by atoms with Crippen LogP contribution in [0.5, 0.6) is 0 Å². The first-order valence-corrected chi connectivity index (χ1v) is 11.3. The Balaban J connectivity index is 1.21. The van der Waals surface area contributed by atoms with Gasteiger partial charge < -0.3 is 4.90 Å². The Labute approximate surface area is 179 Å². The van der Waals surface area contributed by atoms with E-state index in [0.29, 0.717) is 11.7 Å². The van der Waals surface area contributed by atoms with Gasteiger partial charge in [0, 0.05) is 18.5 Å². The first kappa shape index (κ1) is 18.9. The number of anilines is 1. The monoisotopic (exact) mass is 416 g/mol. The van der Waals surface area contributed by atoms with E-state index in [4.69, 9.17) is 0 Å². The van der Waals surface area contributed by atoms with E-state index >= 15 is 0 Å². The molecule has 3 heterocycles. The topological polar surface area (TPSA) is 61.0 Å². The van der Waals surface area contributed by atoms with Gasteiger partial charge in [0.1, 0.15) is 0 Å². The van der Waals surface area contributed by atoms with Crippen molar-refractivity contribution in [3.05, 3.63) is 70.9 Å². The fourth-order valence-corrected chi connectivity index (χ4v) is 4.86. The molecule has 2 aromatic heterocycles. The number of rotatable bonds is 4. The molecule has 6 heteroatoms.